The van der Waals surface area contributed by atoms with Crippen LogP contribution in [0.1, 0.15) is 24.5 Å². The second-order valence-electron chi connectivity index (χ2n) is 8.83. The van der Waals surface area contributed by atoms with Gasteiger partial charge in [0.2, 0.25) is 17.7 Å². The summed E-state index contributed by atoms with van der Waals surface area (Å²) in [4.78, 5) is 41.7. The molecular formula is C26H31N3O3. The van der Waals surface area contributed by atoms with E-state index >= 15 is 0 Å². The Morgan fingerprint density at radius 2 is 1.81 bits per heavy atom. The molecule has 0 unspecified atom stereocenters. The second-order valence-corrected chi connectivity index (χ2v) is 8.83. The SMILES string of the molecule is CCN1C[C@H](C(=O)N2CCNC(=O)[C@H](Cc3ccccc3-c3ccc(C)cc3)C2)CC1=O. The molecule has 3 amide bonds. The minimum atomic E-state index is -0.326. The standard InChI is InChI=1S/C26H31N3O3/c1-3-28-17-22(15-24(28)30)26(32)29-13-12-27-25(31)21(16-29)14-20-6-4-5-7-23(20)19-10-8-18(2)9-11-19/h4-11,21-22H,3,12-17H2,1-2H3,(H,27,31)/t21-,22-/m1/s1. The van der Waals surface area contributed by atoms with Crippen LogP contribution in [0.3, 0.4) is 0 Å². The molecule has 0 aliphatic carbocycles. The first kappa shape index (κ1) is 22.1. The maximum atomic E-state index is 13.2. The molecule has 2 atom stereocenters. The Kier molecular flexibility index (Phi) is 6.58. The summed E-state index contributed by atoms with van der Waals surface area (Å²) in [7, 11) is 0. The van der Waals surface area contributed by atoms with Crippen molar-refractivity contribution >= 4 is 17.7 Å². The van der Waals surface area contributed by atoms with Gasteiger partial charge in [0.1, 0.15) is 0 Å². The second kappa shape index (κ2) is 9.55. The van der Waals surface area contributed by atoms with E-state index in [1.54, 1.807) is 9.80 Å². The Hall–Kier alpha value is -3.15. The molecule has 0 saturated carbocycles. The fourth-order valence-corrected chi connectivity index (χ4v) is 4.74. The number of carbonyl (C=O) groups is 3. The largest absolute Gasteiger partial charge is 0.354 e. The highest BCUT2D eigenvalue weighted by Gasteiger charge is 2.37. The quantitative estimate of drug-likeness (QED) is 0.788. The maximum Gasteiger partial charge on any atom is 0.228 e. The van der Waals surface area contributed by atoms with Gasteiger partial charge in [-0.25, -0.2) is 0 Å². The molecule has 6 heteroatoms. The van der Waals surface area contributed by atoms with E-state index in [1.807, 2.05) is 19.1 Å². The molecule has 2 fully saturated rings. The minimum absolute atomic E-state index is 0.0115. The van der Waals surface area contributed by atoms with E-state index in [2.05, 4.69) is 48.6 Å². The topological polar surface area (TPSA) is 69.7 Å². The van der Waals surface area contributed by atoms with Crippen LogP contribution in [-0.2, 0) is 20.8 Å². The van der Waals surface area contributed by atoms with Gasteiger partial charge in [0.05, 0.1) is 11.8 Å². The van der Waals surface area contributed by atoms with Gasteiger partial charge in [-0.1, -0.05) is 54.1 Å². The number of hydrogen-bond donors (Lipinski definition) is 1. The van der Waals surface area contributed by atoms with E-state index in [4.69, 9.17) is 0 Å². The van der Waals surface area contributed by atoms with Crippen molar-refractivity contribution in [3.05, 3.63) is 59.7 Å². The lowest BCUT2D eigenvalue weighted by atomic mass is 9.91. The first-order chi connectivity index (χ1) is 15.5. The van der Waals surface area contributed by atoms with Gasteiger partial charge in [-0.05, 0) is 37.0 Å². The van der Waals surface area contributed by atoms with Crippen LogP contribution in [0.2, 0.25) is 0 Å². The van der Waals surface area contributed by atoms with Gasteiger partial charge >= 0.3 is 0 Å². The van der Waals surface area contributed by atoms with Crippen molar-refractivity contribution in [2.45, 2.75) is 26.7 Å². The minimum Gasteiger partial charge on any atom is -0.354 e. The predicted octanol–water partition coefficient (Wildman–Crippen LogP) is 2.65. The number of amides is 3. The highest BCUT2D eigenvalue weighted by atomic mass is 16.2. The van der Waals surface area contributed by atoms with E-state index in [-0.39, 0.29) is 36.0 Å². The van der Waals surface area contributed by atoms with Crippen molar-refractivity contribution in [2.75, 3.05) is 32.7 Å². The monoisotopic (exact) mass is 433 g/mol. The van der Waals surface area contributed by atoms with Gasteiger partial charge in [-0.2, -0.15) is 0 Å². The lowest BCUT2D eigenvalue weighted by molar-refractivity contribution is -0.136. The zero-order valence-corrected chi connectivity index (χ0v) is 18.8. The van der Waals surface area contributed by atoms with Crippen molar-refractivity contribution < 1.29 is 14.4 Å². The summed E-state index contributed by atoms with van der Waals surface area (Å²) in [5, 5.41) is 2.98. The summed E-state index contributed by atoms with van der Waals surface area (Å²) in [6.45, 7) is 6.41. The Bertz CT molecular complexity index is 1000. The third kappa shape index (κ3) is 4.69. The van der Waals surface area contributed by atoms with Crippen molar-refractivity contribution in [3.63, 3.8) is 0 Å². The number of benzene rings is 2. The average molecular weight is 434 g/mol. The van der Waals surface area contributed by atoms with Crippen molar-refractivity contribution in [3.8, 4) is 11.1 Å². The van der Waals surface area contributed by atoms with E-state index in [9.17, 15) is 14.4 Å². The smallest absolute Gasteiger partial charge is 0.228 e. The van der Waals surface area contributed by atoms with Gasteiger partial charge in [-0.3, -0.25) is 14.4 Å². The lowest BCUT2D eigenvalue weighted by Crippen LogP contribution is -2.41. The zero-order valence-electron chi connectivity index (χ0n) is 18.8. The van der Waals surface area contributed by atoms with E-state index in [0.29, 0.717) is 39.1 Å². The Morgan fingerprint density at radius 3 is 2.53 bits per heavy atom. The molecule has 2 saturated heterocycles. The van der Waals surface area contributed by atoms with Gasteiger partial charge in [0, 0.05) is 39.1 Å². The number of hydrogen-bond acceptors (Lipinski definition) is 3. The molecule has 2 heterocycles. The van der Waals surface area contributed by atoms with Crippen LogP contribution in [0.4, 0.5) is 0 Å². The highest BCUT2D eigenvalue weighted by molar-refractivity contribution is 5.90. The first-order valence-corrected chi connectivity index (χ1v) is 11.5. The number of nitrogens with one attached hydrogen (secondary N) is 1. The highest BCUT2D eigenvalue weighted by Crippen LogP contribution is 2.27. The fraction of sp³-hybridized carbons (Fsp3) is 0.423. The molecule has 1 N–H and O–H groups in total. The van der Waals surface area contributed by atoms with Crippen LogP contribution in [0.25, 0.3) is 11.1 Å². The van der Waals surface area contributed by atoms with Crippen molar-refractivity contribution in [1.29, 1.82) is 0 Å². The summed E-state index contributed by atoms with van der Waals surface area (Å²) in [5.41, 5.74) is 4.54. The molecule has 2 aromatic carbocycles. The molecule has 4 rings (SSSR count). The Morgan fingerprint density at radius 1 is 1.06 bits per heavy atom. The Labute approximate surface area is 189 Å². The van der Waals surface area contributed by atoms with Gasteiger partial charge in [0.25, 0.3) is 0 Å². The van der Waals surface area contributed by atoms with Crippen molar-refractivity contribution in [2.24, 2.45) is 11.8 Å². The molecule has 6 nitrogen and oxygen atoms in total. The average Bonchev–Trinajstić information content (AvgIpc) is 3.08. The van der Waals surface area contributed by atoms with Crippen LogP contribution >= 0.6 is 0 Å². The summed E-state index contributed by atoms with van der Waals surface area (Å²) in [6.07, 6.45) is 0.829. The molecule has 0 aromatic heterocycles. The zero-order chi connectivity index (χ0) is 22.7. The lowest BCUT2D eigenvalue weighted by Gasteiger charge is -2.26. The normalized spacial score (nSPS) is 21.4. The van der Waals surface area contributed by atoms with E-state index < -0.39 is 0 Å². The molecule has 2 aromatic rings. The molecule has 0 spiro atoms. The third-order valence-corrected chi connectivity index (χ3v) is 6.60. The van der Waals surface area contributed by atoms with Crippen LogP contribution < -0.4 is 5.32 Å². The van der Waals surface area contributed by atoms with E-state index in [1.165, 1.54) is 5.56 Å². The number of rotatable bonds is 5. The third-order valence-electron chi connectivity index (χ3n) is 6.60. The van der Waals surface area contributed by atoms with Crippen LogP contribution in [0, 0.1) is 18.8 Å². The summed E-state index contributed by atoms with van der Waals surface area (Å²) in [5.74, 6) is -0.624. The first-order valence-electron chi connectivity index (χ1n) is 11.5. The van der Waals surface area contributed by atoms with Gasteiger partial charge in [-0.15, -0.1) is 0 Å². The molecule has 168 valence electrons. The van der Waals surface area contributed by atoms with Crippen molar-refractivity contribution in [1.82, 2.24) is 15.1 Å². The molecule has 0 bridgehead atoms. The fourth-order valence-electron chi connectivity index (χ4n) is 4.74. The van der Waals surface area contributed by atoms with E-state index in [0.717, 1.165) is 16.7 Å². The number of aryl methyl sites for hydroxylation is 1. The molecule has 0 radical (unpaired) electrons. The summed E-state index contributed by atoms with van der Waals surface area (Å²) >= 11 is 0. The summed E-state index contributed by atoms with van der Waals surface area (Å²) < 4.78 is 0. The van der Waals surface area contributed by atoms with Gasteiger partial charge in [0.15, 0.2) is 0 Å². The maximum absolute atomic E-state index is 13.2. The van der Waals surface area contributed by atoms with Crippen LogP contribution in [0.15, 0.2) is 48.5 Å². The number of carbonyl (C=O) groups excluding carboxylic acids is 3. The molecule has 2 aliphatic rings. The summed E-state index contributed by atoms with van der Waals surface area (Å²) in [6, 6.07) is 16.5. The van der Waals surface area contributed by atoms with Crippen LogP contribution in [0.5, 0.6) is 0 Å². The number of likely N-dealkylation sites (tertiary alicyclic amines) is 1. The molecule has 32 heavy (non-hydrogen) atoms. The predicted molar refractivity (Wildman–Crippen MR) is 124 cm³/mol. The van der Waals surface area contributed by atoms with Crippen LogP contribution in [-0.4, -0.2) is 60.2 Å². The number of nitrogens with zero attached hydrogens (tertiary/aromatic N) is 2. The molecule has 2 aliphatic heterocycles. The molecular weight excluding hydrogens is 402 g/mol. The van der Waals surface area contributed by atoms with Gasteiger partial charge < -0.3 is 15.1 Å². The Balaban J connectivity index is 1.52.